The Labute approximate surface area is 172 Å². The molecule has 29 heavy (non-hydrogen) atoms. The van der Waals surface area contributed by atoms with Crippen molar-refractivity contribution in [3.63, 3.8) is 0 Å². The molecular weight excluding hydrogens is 386 g/mol. The quantitative estimate of drug-likeness (QED) is 0.484. The molecule has 3 aromatic heterocycles. The lowest BCUT2D eigenvalue weighted by Gasteiger charge is -2.11. The van der Waals surface area contributed by atoms with Crippen LogP contribution in [0.25, 0.3) is 33.5 Å². The zero-order chi connectivity index (χ0) is 20.0. The Morgan fingerprint density at radius 1 is 1.21 bits per heavy atom. The summed E-state index contributed by atoms with van der Waals surface area (Å²) in [6.07, 6.45) is 3.42. The topological polar surface area (TPSA) is 65.6 Å². The summed E-state index contributed by atoms with van der Waals surface area (Å²) in [5.74, 6) is 0.366. The molecular formula is C22H20ClN5O. The molecule has 1 aliphatic rings. The predicted molar refractivity (Wildman–Crippen MR) is 114 cm³/mol. The van der Waals surface area contributed by atoms with Gasteiger partial charge in [-0.25, -0.2) is 4.98 Å². The van der Waals surface area contributed by atoms with Gasteiger partial charge in [-0.15, -0.1) is 11.6 Å². The number of hydrogen-bond acceptors (Lipinski definition) is 4. The fourth-order valence-electron chi connectivity index (χ4n) is 4.12. The van der Waals surface area contributed by atoms with Gasteiger partial charge in [-0.05, 0) is 49.6 Å². The van der Waals surface area contributed by atoms with Gasteiger partial charge in [0.05, 0.1) is 22.9 Å². The molecule has 0 spiro atoms. The molecule has 0 N–H and O–H groups in total. The van der Waals surface area contributed by atoms with Crippen molar-refractivity contribution in [1.82, 2.24) is 24.3 Å². The van der Waals surface area contributed by atoms with E-state index in [0.29, 0.717) is 12.4 Å². The van der Waals surface area contributed by atoms with E-state index >= 15 is 0 Å². The maximum Gasteiger partial charge on any atom is 0.269 e. The first-order chi connectivity index (χ1) is 14.2. The maximum absolute atomic E-state index is 12.3. The van der Waals surface area contributed by atoms with Gasteiger partial charge in [0.1, 0.15) is 5.69 Å². The second kappa shape index (κ2) is 7.12. The van der Waals surface area contributed by atoms with Crippen LogP contribution in [0.4, 0.5) is 0 Å². The summed E-state index contributed by atoms with van der Waals surface area (Å²) < 4.78 is 3.78. The summed E-state index contributed by atoms with van der Waals surface area (Å²) >= 11 is 5.94. The predicted octanol–water partition coefficient (Wildman–Crippen LogP) is 3.82. The molecule has 4 heterocycles. The average molecular weight is 406 g/mol. The van der Waals surface area contributed by atoms with Crippen molar-refractivity contribution >= 4 is 22.6 Å². The van der Waals surface area contributed by atoms with E-state index < -0.39 is 0 Å². The fourth-order valence-corrected chi connectivity index (χ4v) is 4.29. The van der Waals surface area contributed by atoms with E-state index in [2.05, 4.69) is 15.7 Å². The Morgan fingerprint density at radius 2 is 2.10 bits per heavy atom. The van der Waals surface area contributed by atoms with E-state index in [1.165, 1.54) is 11.9 Å². The van der Waals surface area contributed by atoms with Gasteiger partial charge in [-0.2, -0.15) is 5.10 Å². The summed E-state index contributed by atoms with van der Waals surface area (Å²) in [4.78, 5) is 21.4. The Bertz CT molecular complexity index is 1290. The molecule has 0 aliphatic carbocycles. The van der Waals surface area contributed by atoms with Crippen LogP contribution in [0.15, 0.2) is 47.4 Å². The normalized spacial score (nSPS) is 13.2. The van der Waals surface area contributed by atoms with Gasteiger partial charge in [-0.1, -0.05) is 12.1 Å². The number of halogens is 1. The van der Waals surface area contributed by atoms with Crippen molar-refractivity contribution in [3.05, 3.63) is 64.3 Å². The molecule has 0 radical (unpaired) electrons. The molecule has 146 valence electrons. The first kappa shape index (κ1) is 18.1. The molecule has 7 heteroatoms. The van der Waals surface area contributed by atoms with Crippen LogP contribution in [0.3, 0.4) is 0 Å². The van der Waals surface area contributed by atoms with Gasteiger partial charge in [0.15, 0.2) is 0 Å². The van der Waals surface area contributed by atoms with E-state index in [-0.39, 0.29) is 5.56 Å². The molecule has 0 saturated carbocycles. The van der Waals surface area contributed by atoms with Crippen molar-refractivity contribution in [2.45, 2.75) is 32.9 Å². The monoisotopic (exact) mass is 405 g/mol. The van der Waals surface area contributed by atoms with Crippen molar-refractivity contribution in [2.24, 2.45) is 0 Å². The minimum absolute atomic E-state index is 0.142. The van der Waals surface area contributed by atoms with Crippen molar-refractivity contribution in [3.8, 4) is 22.5 Å². The van der Waals surface area contributed by atoms with Crippen LogP contribution in [0, 0.1) is 6.92 Å². The minimum atomic E-state index is -0.142. The third-order valence-corrected chi connectivity index (χ3v) is 5.58. The fraction of sp³-hybridized carbons (Fsp3) is 0.273. The smallest absolute Gasteiger partial charge is 0.269 e. The number of fused-ring (bicyclic) bond motifs is 2. The van der Waals surface area contributed by atoms with Gasteiger partial charge in [0.2, 0.25) is 0 Å². The van der Waals surface area contributed by atoms with Gasteiger partial charge < -0.3 is 4.57 Å². The molecule has 1 aliphatic heterocycles. The van der Waals surface area contributed by atoms with E-state index in [1.54, 1.807) is 4.57 Å². The highest BCUT2D eigenvalue weighted by Crippen LogP contribution is 2.37. The largest absolute Gasteiger partial charge is 0.304 e. The molecule has 1 aromatic carbocycles. The van der Waals surface area contributed by atoms with Crippen LogP contribution in [-0.2, 0) is 19.5 Å². The van der Waals surface area contributed by atoms with Gasteiger partial charge in [-0.3, -0.25) is 14.5 Å². The minimum Gasteiger partial charge on any atom is -0.304 e. The van der Waals surface area contributed by atoms with Crippen LogP contribution in [0.2, 0.25) is 0 Å². The second-order valence-electron chi connectivity index (χ2n) is 7.30. The maximum atomic E-state index is 12.3. The van der Waals surface area contributed by atoms with Crippen LogP contribution < -0.4 is 5.56 Å². The summed E-state index contributed by atoms with van der Waals surface area (Å²) in [6, 6.07) is 12.0. The number of aryl methyl sites for hydroxylation is 3. The van der Waals surface area contributed by atoms with Crippen molar-refractivity contribution < 1.29 is 0 Å². The zero-order valence-electron chi connectivity index (χ0n) is 16.1. The number of nitrogens with zero attached hydrogens (tertiary/aromatic N) is 5. The molecule has 0 unspecified atom stereocenters. The molecule has 0 fully saturated rings. The number of aromatic nitrogens is 5. The summed E-state index contributed by atoms with van der Waals surface area (Å²) in [5, 5.41) is 4.88. The second-order valence-corrected chi connectivity index (χ2v) is 7.68. The molecule has 6 nitrogen and oxygen atoms in total. The van der Waals surface area contributed by atoms with Crippen LogP contribution in [0.5, 0.6) is 0 Å². The lowest BCUT2D eigenvalue weighted by Crippen LogP contribution is -2.21. The molecule has 0 bridgehead atoms. The van der Waals surface area contributed by atoms with Crippen LogP contribution in [-0.4, -0.2) is 30.2 Å². The standard InChI is InChI=1S/C22H20ClN5O/c1-14-4-2-5-17(25-14)22-21(18-6-3-10-28(18)26-22)15-7-8-16-19(12-15)27(11-9-23)20(29)13-24-16/h2,4-5,7-8,12-13H,3,6,9-11H2,1H3. The SMILES string of the molecule is Cc1cccc(-c2nn3c(c2-c2ccc4ncc(=O)n(CCCl)c4c2)CCC3)n1. The summed E-state index contributed by atoms with van der Waals surface area (Å²) in [7, 11) is 0. The highest BCUT2D eigenvalue weighted by molar-refractivity contribution is 6.17. The molecule has 4 aromatic rings. The first-order valence-corrected chi connectivity index (χ1v) is 10.3. The molecule has 5 rings (SSSR count). The number of rotatable bonds is 4. The summed E-state index contributed by atoms with van der Waals surface area (Å²) in [5.41, 5.74) is 7.47. The lowest BCUT2D eigenvalue weighted by atomic mass is 9.99. The number of benzene rings is 1. The van der Waals surface area contributed by atoms with Gasteiger partial charge >= 0.3 is 0 Å². The molecule has 0 amide bonds. The zero-order valence-corrected chi connectivity index (χ0v) is 16.9. The number of alkyl halides is 1. The van der Waals surface area contributed by atoms with Crippen molar-refractivity contribution in [1.29, 1.82) is 0 Å². The van der Waals surface area contributed by atoms with E-state index in [4.69, 9.17) is 21.7 Å². The summed E-state index contributed by atoms with van der Waals surface area (Å²) in [6.45, 7) is 3.35. The Morgan fingerprint density at radius 3 is 2.93 bits per heavy atom. The van der Waals surface area contributed by atoms with E-state index in [0.717, 1.165) is 58.6 Å². The van der Waals surface area contributed by atoms with E-state index in [1.807, 2.05) is 37.3 Å². The van der Waals surface area contributed by atoms with Gasteiger partial charge in [0, 0.05) is 35.9 Å². The molecule has 0 saturated heterocycles. The highest BCUT2D eigenvalue weighted by atomic mass is 35.5. The first-order valence-electron chi connectivity index (χ1n) is 9.75. The lowest BCUT2D eigenvalue weighted by molar-refractivity contribution is 0.658. The number of hydrogen-bond donors (Lipinski definition) is 0. The van der Waals surface area contributed by atoms with Crippen molar-refractivity contribution in [2.75, 3.05) is 5.88 Å². The molecule has 0 atom stereocenters. The van der Waals surface area contributed by atoms with E-state index in [9.17, 15) is 4.79 Å². The average Bonchev–Trinajstić information content (AvgIpc) is 3.31. The van der Waals surface area contributed by atoms with Gasteiger partial charge in [0.25, 0.3) is 5.56 Å². The third-order valence-electron chi connectivity index (χ3n) is 5.42. The Hall–Kier alpha value is -2.99. The third kappa shape index (κ3) is 3.04. The number of pyridine rings is 1. The van der Waals surface area contributed by atoms with Crippen LogP contribution >= 0.6 is 11.6 Å². The Balaban J connectivity index is 1.77. The highest BCUT2D eigenvalue weighted by Gasteiger charge is 2.25. The van der Waals surface area contributed by atoms with Crippen LogP contribution in [0.1, 0.15) is 17.8 Å². The Kier molecular flexibility index (Phi) is 4.43.